The van der Waals surface area contributed by atoms with Gasteiger partial charge >= 0.3 is 0 Å². The van der Waals surface area contributed by atoms with Gasteiger partial charge in [0, 0.05) is 19.8 Å². The van der Waals surface area contributed by atoms with Crippen LogP contribution in [0.4, 0.5) is 5.69 Å². The van der Waals surface area contributed by atoms with E-state index in [1.165, 1.54) is 10.5 Å². The molecule has 0 aliphatic carbocycles. The molecule has 0 saturated heterocycles. The normalized spacial score (nSPS) is 10.6. The molecular formula is C20H25N3O2. The fourth-order valence-corrected chi connectivity index (χ4v) is 2.48. The third-order valence-electron chi connectivity index (χ3n) is 3.85. The van der Waals surface area contributed by atoms with Gasteiger partial charge in [-0.2, -0.15) is 0 Å². The maximum Gasteiger partial charge on any atom is 0.238 e. The number of hydrogen-bond acceptors (Lipinski definition) is 3. The van der Waals surface area contributed by atoms with Crippen LogP contribution >= 0.6 is 0 Å². The molecule has 0 saturated carbocycles. The number of para-hydroxylation sites is 1. The van der Waals surface area contributed by atoms with Crippen molar-refractivity contribution in [2.24, 2.45) is 0 Å². The molecule has 0 fully saturated rings. The predicted octanol–water partition coefficient (Wildman–Crippen LogP) is 2.24. The van der Waals surface area contributed by atoms with Crippen molar-refractivity contribution in [2.75, 3.05) is 39.5 Å². The predicted molar refractivity (Wildman–Crippen MR) is 101 cm³/mol. The molecule has 0 atom stereocenters. The van der Waals surface area contributed by atoms with Gasteiger partial charge in [-0.1, -0.05) is 48.5 Å². The molecule has 0 aliphatic rings. The summed E-state index contributed by atoms with van der Waals surface area (Å²) in [5, 5.41) is 2.96. The van der Waals surface area contributed by atoms with Crippen molar-refractivity contribution in [1.82, 2.24) is 9.80 Å². The molecule has 0 heterocycles. The molecule has 132 valence electrons. The zero-order valence-electron chi connectivity index (χ0n) is 15.0. The standard InChI is InChI=1S/C20H25N3O2/c1-22(2)20(25)15-23(3)14-19(24)21-18-12-8-7-11-17(18)13-16-9-5-4-6-10-16/h4-12H,13-15H2,1-3H3,(H,21,24). The summed E-state index contributed by atoms with van der Waals surface area (Å²) in [6, 6.07) is 17.9. The van der Waals surface area contributed by atoms with E-state index in [1.807, 2.05) is 42.5 Å². The lowest BCUT2D eigenvalue weighted by Gasteiger charge is -2.19. The van der Waals surface area contributed by atoms with Crippen molar-refractivity contribution in [2.45, 2.75) is 6.42 Å². The second kappa shape index (κ2) is 8.99. The van der Waals surface area contributed by atoms with Gasteiger partial charge in [-0.3, -0.25) is 14.5 Å². The first-order valence-corrected chi connectivity index (χ1v) is 8.26. The van der Waals surface area contributed by atoms with Gasteiger partial charge in [0.05, 0.1) is 13.1 Å². The van der Waals surface area contributed by atoms with Crippen LogP contribution in [-0.4, -0.2) is 55.8 Å². The van der Waals surface area contributed by atoms with Crippen LogP contribution in [0.3, 0.4) is 0 Å². The second-order valence-corrected chi connectivity index (χ2v) is 6.33. The lowest BCUT2D eigenvalue weighted by molar-refractivity contribution is -0.130. The number of nitrogens with zero attached hydrogens (tertiary/aromatic N) is 2. The number of nitrogens with one attached hydrogen (secondary N) is 1. The number of anilines is 1. The molecule has 2 amide bonds. The zero-order valence-corrected chi connectivity index (χ0v) is 15.0. The highest BCUT2D eigenvalue weighted by Gasteiger charge is 2.13. The van der Waals surface area contributed by atoms with Crippen molar-refractivity contribution in [3.05, 3.63) is 65.7 Å². The lowest BCUT2D eigenvalue weighted by atomic mass is 10.0. The largest absolute Gasteiger partial charge is 0.348 e. The molecule has 1 N–H and O–H groups in total. The number of carbonyl (C=O) groups is 2. The smallest absolute Gasteiger partial charge is 0.238 e. The zero-order chi connectivity index (χ0) is 18.2. The number of rotatable bonds is 7. The van der Waals surface area contributed by atoms with Crippen LogP contribution < -0.4 is 5.32 Å². The summed E-state index contributed by atoms with van der Waals surface area (Å²) >= 11 is 0. The molecule has 25 heavy (non-hydrogen) atoms. The first-order valence-electron chi connectivity index (χ1n) is 8.26. The number of carbonyl (C=O) groups excluding carboxylic acids is 2. The fraction of sp³-hybridized carbons (Fsp3) is 0.300. The minimum absolute atomic E-state index is 0.0280. The highest BCUT2D eigenvalue weighted by Crippen LogP contribution is 2.19. The van der Waals surface area contributed by atoms with Gasteiger partial charge in [0.15, 0.2) is 0 Å². The highest BCUT2D eigenvalue weighted by molar-refractivity contribution is 5.93. The summed E-state index contributed by atoms with van der Waals surface area (Å²) in [6.07, 6.45) is 0.756. The van der Waals surface area contributed by atoms with Gasteiger partial charge < -0.3 is 10.2 Å². The average molecular weight is 339 g/mol. The summed E-state index contributed by atoms with van der Waals surface area (Å²) < 4.78 is 0. The topological polar surface area (TPSA) is 52.7 Å². The quantitative estimate of drug-likeness (QED) is 0.842. The van der Waals surface area contributed by atoms with Gasteiger partial charge in [0.1, 0.15) is 0 Å². The van der Waals surface area contributed by atoms with Crippen LogP contribution in [0.5, 0.6) is 0 Å². The van der Waals surface area contributed by atoms with Crippen LogP contribution in [0.2, 0.25) is 0 Å². The van der Waals surface area contributed by atoms with Crippen LogP contribution in [0.1, 0.15) is 11.1 Å². The lowest BCUT2D eigenvalue weighted by Crippen LogP contribution is -2.38. The molecule has 2 rings (SSSR count). The van der Waals surface area contributed by atoms with E-state index < -0.39 is 0 Å². The third-order valence-corrected chi connectivity index (χ3v) is 3.85. The molecular weight excluding hydrogens is 314 g/mol. The van der Waals surface area contributed by atoms with Crippen LogP contribution in [0, 0.1) is 0 Å². The Hall–Kier alpha value is -2.66. The van der Waals surface area contributed by atoms with E-state index in [9.17, 15) is 9.59 Å². The van der Waals surface area contributed by atoms with E-state index in [0.29, 0.717) is 0 Å². The summed E-state index contributed by atoms with van der Waals surface area (Å²) in [5.41, 5.74) is 3.07. The molecule has 0 spiro atoms. The number of amides is 2. The van der Waals surface area contributed by atoms with Gasteiger partial charge in [0.2, 0.25) is 11.8 Å². The van der Waals surface area contributed by atoms with E-state index in [0.717, 1.165) is 17.7 Å². The maximum absolute atomic E-state index is 12.3. The molecule has 5 heteroatoms. The van der Waals surface area contributed by atoms with E-state index in [2.05, 4.69) is 17.4 Å². The summed E-state index contributed by atoms with van der Waals surface area (Å²) in [7, 11) is 5.17. The minimum atomic E-state index is -0.130. The number of hydrogen-bond donors (Lipinski definition) is 1. The molecule has 0 bridgehead atoms. The SMILES string of the molecule is CN(CC(=O)Nc1ccccc1Cc1ccccc1)CC(=O)N(C)C. The highest BCUT2D eigenvalue weighted by atomic mass is 16.2. The summed E-state index contributed by atoms with van der Waals surface area (Å²) in [5.74, 6) is -0.158. The molecule has 5 nitrogen and oxygen atoms in total. The van der Waals surface area contributed by atoms with Gasteiger partial charge in [-0.15, -0.1) is 0 Å². The Kier molecular flexibility index (Phi) is 6.71. The first-order chi connectivity index (χ1) is 12.0. The third kappa shape index (κ3) is 6.04. The Morgan fingerprint density at radius 2 is 1.52 bits per heavy atom. The molecule has 2 aromatic carbocycles. The van der Waals surface area contributed by atoms with E-state index >= 15 is 0 Å². The van der Waals surface area contributed by atoms with Crippen LogP contribution in [0.15, 0.2) is 54.6 Å². The molecule has 2 aromatic rings. The average Bonchev–Trinajstić information content (AvgIpc) is 2.57. The second-order valence-electron chi connectivity index (χ2n) is 6.33. The summed E-state index contributed by atoms with van der Waals surface area (Å²) in [4.78, 5) is 27.2. The Morgan fingerprint density at radius 1 is 0.880 bits per heavy atom. The van der Waals surface area contributed by atoms with Crippen molar-refractivity contribution in [1.29, 1.82) is 0 Å². The van der Waals surface area contributed by atoms with Crippen molar-refractivity contribution < 1.29 is 9.59 Å². The molecule has 0 radical (unpaired) electrons. The minimum Gasteiger partial charge on any atom is -0.348 e. The fourth-order valence-electron chi connectivity index (χ4n) is 2.48. The van der Waals surface area contributed by atoms with Crippen LogP contribution in [-0.2, 0) is 16.0 Å². The monoisotopic (exact) mass is 339 g/mol. The van der Waals surface area contributed by atoms with E-state index in [4.69, 9.17) is 0 Å². The molecule has 0 unspecified atom stereocenters. The van der Waals surface area contributed by atoms with E-state index in [-0.39, 0.29) is 24.9 Å². The molecule has 0 aromatic heterocycles. The number of likely N-dealkylation sites (N-methyl/N-ethyl adjacent to an activating group) is 2. The Bertz CT molecular complexity index is 714. The van der Waals surface area contributed by atoms with Crippen molar-refractivity contribution >= 4 is 17.5 Å². The Balaban J connectivity index is 1.98. The molecule has 0 aliphatic heterocycles. The summed E-state index contributed by atoms with van der Waals surface area (Å²) in [6.45, 7) is 0.380. The van der Waals surface area contributed by atoms with Crippen molar-refractivity contribution in [3.8, 4) is 0 Å². The van der Waals surface area contributed by atoms with E-state index in [1.54, 1.807) is 26.0 Å². The van der Waals surface area contributed by atoms with Crippen molar-refractivity contribution in [3.63, 3.8) is 0 Å². The maximum atomic E-state index is 12.3. The number of benzene rings is 2. The van der Waals surface area contributed by atoms with Gasteiger partial charge in [0.25, 0.3) is 0 Å². The Labute approximate surface area is 149 Å². The van der Waals surface area contributed by atoms with Gasteiger partial charge in [-0.25, -0.2) is 0 Å². The van der Waals surface area contributed by atoms with Crippen LogP contribution in [0.25, 0.3) is 0 Å². The Morgan fingerprint density at radius 3 is 2.20 bits per heavy atom. The first kappa shape index (κ1) is 18.7. The van der Waals surface area contributed by atoms with Gasteiger partial charge in [-0.05, 0) is 30.7 Å².